The Morgan fingerprint density at radius 2 is 2.00 bits per heavy atom. The summed E-state index contributed by atoms with van der Waals surface area (Å²) >= 11 is 12.6. The second kappa shape index (κ2) is 8.73. The molecule has 2 aromatic carbocycles. The lowest BCUT2D eigenvalue weighted by Gasteiger charge is -2.28. The minimum atomic E-state index is -0.628. The van der Waals surface area contributed by atoms with Gasteiger partial charge in [0.15, 0.2) is 0 Å². The second-order valence-corrected chi connectivity index (χ2v) is 9.16. The van der Waals surface area contributed by atoms with E-state index in [0.717, 1.165) is 11.1 Å². The van der Waals surface area contributed by atoms with Crippen molar-refractivity contribution in [2.45, 2.75) is 26.4 Å². The summed E-state index contributed by atoms with van der Waals surface area (Å²) in [4.78, 5) is 30.6. The molecule has 0 radical (unpaired) electrons. The molecule has 1 aliphatic rings. The number of nitrogens with zero attached hydrogens (tertiary/aromatic N) is 5. The maximum atomic E-state index is 13.0. The molecule has 3 N–H and O–H groups in total. The Morgan fingerprint density at radius 3 is 2.71 bits per heavy atom. The highest BCUT2D eigenvalue weighted by Gasteiger charge is 2.30. The van der Waals surface area contributed by atoms with E-state index < -0.39 is 5.91 Å². The minimum Gasteiger partial charge on any atom is -0.365 e. The van der Waals surface area contributed by atoms with E-state index in [1.807, 2.05) is 13.0 Å². The number of aromatic amines is 1. The predicted octanol–water partition coefficient (Wildman–Crippen LogP) is 4.28. The number of aromatic nitrogens is 4. The molecule has 2 amide bonds. The van der Waals surface area contributed by atoms with Crippen molar-refractivity contribution >= 4 is 51.6 Å². The molecule has 3 heterocycles. The number of fused-ring (bicyclic) bond motifs is 2. The maximum absolute atomic E-state index is 13.0. The Hall–Kier alpha value is -3.87. The van der Waals surface area contributed by atoms with Gasteiger partial charge in [0.25, 0.3) is 5.91 Å². The van der Waals surface area contributed by atoms with Crippen LogP contribution in [-0.4, -0.2) is 43.2 Å². The van der Waals surface area contributed by atoms with Crippen molar-refractivity contribution in [3.8, 4) is 11.3 Å². The van der Waals surface area contributed by atoms with E-state index in [0.29, 0.717) is 56.9 Å². The first kappa shape index (κ1) is 22.9. The predicted molar refractivity (Wildman–Crippen MR) is 132 cm³/mol. The molecule has 4 aromatic rings. The molecule has 0 bridgehead atoms. The van der Waals surface area contributed by atoms with Crippen LogP contribution in [0, 0.1) is 13.5 Å². The first-order chi connectivity index (χ1) is 16.8. The molecule has 0 spiro atoms. The van der Waals surface area contributed by atoms with Crippen molar-refractivity contribution in [2.24, 2.45) is 5.73 Å². The number of carbonyl (C=O) groups excluding carboxylic acids is 2. The number of rotatable bonds is 4. The Labute approximate surface area is 210 Å². The number of aryl methyl sites for hydroxylation is 1. The van der Waals surface area contributed by atoms with E-state index in [9.17, 15) is 9.59 Å². The number of benzene rings is 2. The summed E-state index contributed by atoms with van der Waals surface area (Å²) in [5.74, 6) is -0.753. The van der Waals surface area contributed by atoms with Crippen molar-refractivity contribution in [3.05, 3.63) is 74.3 Å². The van der Waals surface area contributed by atoms with Crippen LogP contribution in [0.1, 0.15) is 27.3 Å². The van der Waals surface area contributed by atoms with Crippen LogP contribution >= 0.6 is 23.2 Å². The summed E-state index contributed by atoms with van der Waals surface area (Å²) in [6.07, 6.45) is 0.122. The third kappa shape index (κ3) is 4.01. The Balaban J connectivity index is 1.47. The molecule has 2 aromatic heterocycles. The SMILES string of the molecule is [C-]#[N+]c1ccc(CC(=O)N2CCn3nc(-c4cc(Cl)c5n[nH]c(C)c5c4)c(C(N)=O)c3C2)cc1Cl. The van der Waals surface area contributed by atoms with Crippen molar-refractivity contribution < 1.29 is 9.59 Å². The molecule has 11 heteroatoms. The summed E-state index contributed by atoms with van der Waals surface area (Å²) in [7, 11) is 0. The van der Waals surface area contributed by atoms with E-state index in [1.54, 1.807) is 33.8 Å². The fraction of sp³-hybridized carbons (Fsp3) is 0.208. The van der Waals surface area contributed by atoms with E-state index >= 15 is 0 Å². The van der Waals surface area contributed by atoms with Gasteiger partial charge in [0, 0.05) is 28.2 Å². The van der Waals surface area contributed by atoms with Crippen molar-refractivity contribution in [1.82, 2.24) is 24.9 Å². The second-order valence-electron chi connectivity index (χ2n) is 8.35. The monoisotopic (exact) mass is 507 g/mol. The molecular formula is C24H19Cl2N7O2. The Bertz CT molecular complexity index is 1560. The zero-order chi connectivity index (χ0) is 24.9. The van der Waals surface area contributed by atoms with E-state index in [4.69, 9.17) is 35.5 Å². The fourth-order valence-corrected chi connectivity index (χ4v) is 4.87. The van der Waals surface area contributed by atoms with Crippen LogP contribution in [0.5, 0.6) is 0 Å². The first-order valence-corrected chi connectivity index (χ1v) is 11.5. The van der Waals surface area contributed by atoms with Crippen molar-refractivity contribution in [1.29, 1.82) is 0 Å². The Morgan fingerprint density at radius 1 is 1.20 bits per heavy atom. The molecule has 0 saturated heterocycles. The zero-order valence-corrected chi connectivity index (χ0v) is 20.1. The van der Waals surface area contributed by atoms with Gasteiger partial charge < -0.3 is 10.6 Å². The van der Waals surface area contributed by atoms with Gasteiger partial charge in [0.05, 0.1) is 42.4 Å². The van der Waals surface area contributed by atoms with Crippen LogP contribution in [0.2, 0.25) is 10.0 Å². The van der Waals surface area contributed by atoms with Gasteiger partial charge in [-0.2, -0.15) is 10.2 Å². The van der Waals surface area contributed by atoms with Gasteiger partial charge in [-0.05, 0) is 24.6 Å². The molecule has 1 aliphatic heterocycles. The number of nitrogens with two attached hydrogens (primary N) is 1. The first-order valence-electron chi connectivity index (χ1n) is 10.7. The number of hydrogen-bond acceptors (Lipinski definition) is 4. The van der Waals surface area contributed by atoms with Crippen LogP contribution in [0.15, 0.2) is 30.3 Å². The standard InChI is InChI=1S/C24H19Cl2N7O2/c1-12-15-9-14(10-17(26)23(15)30-29-12)22-21(24(27)35)19-11-32(5-6-33(19)31-22)20(34)8-13-3-4-18(28-2)16(25)7-13/h3-4,7,9-10H,5-6,8,11H2,1H3,(H2,27,35)(H,29,30). The zero-order valence-electron chi connectivity index (χ0n) is 18.6. The topological polar surface area (TPSA) is 114 Å². The number of hydrogen-bond donors (Lipinski definition) is 2. The molecule has 9 nitrogen and oxygen atoms in total. The lowest BCUT2D eigenvalue weighted by Crippen LogP contribution is -2.40. The Kier molecular flexibility index (Phi) is 5.71. The van der Waals surface area contributed by atoms with E-state index in [-0.39, 0.29) is 24.4 Å². The molecule has 0 unspecified atom stereocenters. The van der Waals surface area contributed by atoms with Gasteiger partial charge in [-0.1, -0.05) is 41.4 Å². The average Bonchev–Trinajstić information content (AvgIpc) is 3.40. The van der Waals surface area contributed by atoms with Crippen LogP contribution < -0.4 is 5.73 Å². The number of nitrogens with one attached hydrogen (secondary N) is 1. The van der Waals surface area contributed by atoms with Crippen molar-refractivity contribution in [2.75, 3.05) is 6.54 Å². The summed E-state index contributed by atoms with van der Waals surface area (Å²) in [5.41, 5.74) is 10.2. The maximum Gasteiger partial charge on any atom is 0.252 e. The smallest absolute Gasteiger partial charge is 0.252 e. The van der Waals surface area contributed by atoms with Crippen molar-refractivity contribution in [3.63, 3.8) is 0 Å². The van der Waals surface area contributed by atoms with Gasteiger partial charge in [-0.15, -0.1) is 0 Å². The van der Waals surface area contributed by atoms with Gasteiger partial charge >= 0.3 is 0 Å². The van der Waals surface area contributed by atoms with Crippen LogP contribution in [0.25, 0.3) is 27.0 Å². The van der Waals surface area contributed by atoms with Gasteiger partial charge in [0.2, 0.25) is 11.6 Å². The molecule has 0 saturated carbocycles. The van der Waals surface area contributed by atoms with E-state index in [2.05, 4.69) is 20.1 Å². The highest BCUT2D eigenvalue weighted by atomic mass is 35.5. The number of amides is 2. The van der Waals surface area contributed by atoms with Crippen LogP contribution in [0.4, 0.5) is 5.69 Å². The summed E-state index contributed by atoms with van der Waals surface area (Å²) in [6.45, 7) is 10.0. The summed E-state index contributed by atoms with van der Waals surface area (Å²) < 4.78 is 1.72. The van der Waals surface area contributed by atoms with Gasteiger partial charge in [-0.3, -0.25) is 19.4 Å². The summed E-state index contributed by atoms with van der Waals surface area (Å²) in [6, 6.07) is 8.54. The van der Waals surface area contributed by atoms with Crippen LogP contribution in [-0.2, 0) is 24.3 Å². The number of H-pyrrole nitrogens is 1. The molecule has 0 fully saturated rings. The largest absolute Gasteiger partial charge is 0.365 e. The third-order valence-electron chi connectivity index (χ3n) is 6.14. The molecular weight excluding hydrogens is 489 g/mol. The van der Waals surface area contributed by atoms with Crippen LogP contribution in [0.3, 0.4) is 0 Å². The fourth-order valence-electron chi connectivity index (χ4n) is 4.36. The molecule has 0 atom stereocenters. The lowest BCUT2D eigenvalue weighted by atomic mass is 10.0. The summed E-state index contributed by atoms with van der Waals surface area (Å²) in [5, 5.41) is 13.4. The number of carbonyl (C=O) groups is 2. The molecule has 0 aliphatic carbocycles. The van der Waals surface area contributed by atoms with E-state index in [1.165, 1.54) is 0 Å². The number of halogens is 2. The molecule has 5 rings (SSSR count). The highest BCUT2D eigenvalue weighted by Crippen LogP contribution is 2.34. The molecule has 35 heavy (non-hydrogen) atoms. The number of primary amides is 1. The van der Waals surface area contributed by atoms with Gasteiger partial charge in [0.1, 0.15) is 11.2 Å². The normalized spacial score (nSPS) is 13.0. The quantitative estimate of drug-likeness (QED) is 0.401. The van der Waals surface area contributed by atoms with Gasteiger partial charge in [-0.25, -0.2) is 4.85 Å². The average molecular weight is 508 g/mol. The lowest BCUT2D eigenvalue weighted by molar-refractivity contribution is -0.132. The third-order valence-corrected chi connectivity index (χ3v) is 6.73. The highest BCUT2D eigenvalue weighted by molar-refractivity contribution is 6.35. The molecule has 176 valence electrons. The minimum absolute atomic E-state index is 0.122.